The number of aliphatic hydroxyl groups is 1. The summed E-state index contributed by atoms with van der Waals surface area (Å²) in [6, 6.07) is 4.17. The van der Waals surface area contributed by atoms with Crippen LogP contribution in [0.25, 0.3) is 0 Å². The van der Waals surface area contributed by atoms with Crippen LogP contribution < -0.4 is 0 Å². The van der Waals surface area contributed by atoms with Gasteiger partial charge >= 0.3 is 0 Å². The smallest absolute Gasteiger partial charge is 0.135 e. The quantitative estimate of drug-likeness (QED) is 0.927. The third-order valence-electron chi connectivity index (χ3n) is 3.20. The minimum absolute atomic E-state index is 0.299. The fraction of sp³-hybridized carbons (Fsp3) is 0.357. The standard InChI is InChI=1S/C14H16F2N2O/c1-4-9-7-11(18(3)17-9)14(19)12-10(15)6-5-8(2)13(12)16/h5-7,14,19H,4H2,1-3H3. The molecule has 2 rings (SSSR count). The summed E-state index contributed by atoms with van der Waals surface area (Å²) in [6.45, 7) is 3.46. The first-order valence-electron chi connectivity index (χ1n) is 6.11. The Morgan fingerprint density at radius 3 is 2.63 bits per heavy atom. The van der Waals surface area contributed by atoms with Gasteiger partial charge in [0.25, 0.3) is 0 Å². The maximum absolute atomic E-state index is 14.0. The Bertz CT molecular complexity index is 608. The largest absolute Gasteiger partial charge is 0.382 e. The van der Waals surface area contributed by atoms with Crippen LogP contribution in [0.4, 0.5) is 8.78 Å². The van der Waals surface area contributed by atoms with E-state index in [2.05, 4.69) is 5.10 Å². The SMILES string of the molecule is CCc1cc(C(O)c2c(F)ccc(C)c2F)n(C)n1. The van der Waals surface area contributed by atoms with Crippen LogP contribution in [0.1, 0.15) is 35.5 Å². The van der Waals surface area contributed by atoms with Crippen molar-refractivity contribution in [1.29, 1.82) is 0 Å². The van der Waals surface area contributed by atoms with Gasteiger partial charge in [-0.1, -0.05) is 13.0 Å². The molecule has 19 heavy (non-hydrogen) atoms. The highest BCUT2D eigenvalue weighted by atomic mass is 19.1. The van der Waals surface area contributed by atoms with E-state index in [-0.39, 0.29) is 5.56 Å². The Morgan fingerprint density at radius 2 is 2.05 bits per heavy atom. The number of aromatic nitrogens is 2. The summed E-state index contributed by atoms with van der Waals surface area (Å²) in [5, 5.41) is 14.4. The summed E-state index contributed by atoms with van der Waals surface area (Å²) in [5.41, 5.74) is 1.12. The Kier molecular flexibility index (Phi) is 3.66. The maximum Gasteiger partial charge on any atom is 0.135 e. The number of aryl methyl sites for hydroxylation is 3. The summed E-state index contributed by atoms with van der Waals surface area (Å²) in [4.78, 5) is 0. The summed E-state index contributed by atoms with van der Waals surface area (Å²) >= 11 is 0. The van der Waals surface area contributed by atoms with Crippen molar-refractivity contribution in [2.75, 3.05) is 0 Å². The van der Waals surface area contributed by atoms with E-state index < -0.39 is 17.7 Å². The molecule has 0 amide bonds. The first-order valence-corrected chi connectivity index (χ1v) is 6.11. The monoisotopic (exact) mass is 266 g/mol. The van der Waals surface area contributed by atoms with Crippen LogP contribution in [0.5, 0.6) is 0 Å². The summed E-state index contributed by atoms with van der Waals surface area (Å²) in [7, 11) is 1.64. The summed E-state index contributed by atoms with van der Waals surface area (Å²) in [5.74, 6) is -1.47. The van der Waals surface area contributed by atoms with Gasteiger partial charge in [0.15, 0.2) is 0 Å². The first-order chi connectivity index (χ1) is 8.95. The molecule has 1 atom stereocenters. The van der Waals surface area contributed by atoms with Crippen molar-refractivity contribution in [1.82, 2.24) is 9.78 Å². The van der Waals surface area contributed by atoms with Crippen LogP contribution in [0.2, 0.25) is 0 Å². The molecule has 0 saturated heterocycles. The van der Waals surface area contributed by atoms with E-state index in [9.17, 15) is 13.9 Å². The molecule has 0 aliphatic rings. The van der Waals surface area contributed by atoms with Crippen LogP contribution in [-0.2, 0) is 13.5 Å². The Hall–Kier alpha value is -1.75. The highest BCUT2D eigenvalue weighted by molar-refractivity contribution is 5.33. The lowest BCUT2D eigenvalue weighted by atomic mass is 10.0. The van der Waals surface area contributed by atoms with Crippen molar-refractivity contribution in [2.24, 2.45) is 7.05 Å². The van der Waals surface area contributed by atoms with Crippen molar-refractivity contribution < 1.29 is 13.9 Å². The van der Waals surface area contributed by atoms with Crippen molar-refractivity contribution in [2.45, 2.75) is 26.4 Å². The van der Waals surface area contributed by atoms with Gasteiger partial charge in [0, 0.05) is 7.05 Å². The molecular formula is C14H16F2N2O. The summed E-state index contributed by atoms with van der Waals surface area (Å²) < 4.78 is 29.2. The van der Waals surface area contributed by atoms with E-state index in [0.717, 1.165) is 11.8 Å². The topological polar surface area (TPSA) is 38.0 Å². The molecule has 1 N–H and O–H groups in total. The molecule has 0 aliphatic carbocycles. The number of benzene rings is 1. The van der Waals surface area contributed by atoms with Crippen molar-refractivity contribution in [3.8, 4) is 0 Å². The maximum atomic E-state index is 14.0. The minimum atomic E-state index is -1.36. The molecule has 2 aromatic rings. The van der Waals surface area contributed by atoms with Gasteiger partial charge in [-0.05, 0) is 31.0 Å². The van der Waals surface area contributed by atoms with Crippen LogP contribution in [0.15, 0.2) is 18.2 Å². The highest BCUT2D eigenvalue weighted by Crippen LogP contribution is 2.28. The van der Waals surface area contributed by atoms with Crippen LogP contribution >= 0.6 is 0 Å². The lowest BCUT2D eigenvalue weighted by Crippen LogP contribution is -2.11. The second-order valence-corrected chi connectivity index (χ2v) is 4.53. The van der Waals surface area contributed by atoms with E-state index in [1.54, 1.807) is 13.1 Å². The third kappa shape index (κ3) is 2.38. The van der Waals surface area contributed by atoms with E-state index in [0.29, 0.717) is 17.7 Å². The second-order valence-electron chi connectivity index (χ2n) is 4.53. The highest BCUT2D eigenvalue weighted by Gasteiger charge is 2.24. The molecule has 0 bridgehead atoms. The molecule has 0 fully saturated rings. The number of nitrogens with zero attached hydrogens (tertiary/aromatic N) is 2. The molecule has 1 aromatic heterocycles. The van der Waals surface area contributed by atoms with E-state index >= 15 is 0 Å². The van der Waals surface area contributed by atoms with Crippen LogP contribution in [-0.4, -0.2) is 14.9 Å². The third-order valence-corrected chi connectivity index (χ3v) is 3.20. The van der Waals surface area contributed by atoms with Crippen LogP contribution in [0.3, 0.4) is 0 Å². The Morgan fingerprint density at radius 1 is 1.37 bits per heavy atom. The molecule has 1 unspecified atom stereocenters. The summed E-state index contributed by atoms with van der Waals surface area (Å²) in [6.07, 6.45) is -0.669. The zero-order valence-electron chi connectivity index (χ0n) is 11.1. The van der Waals surface area contributed by atoms with Gasteiger partial charge in [0.1, 0.15) is 17.7 Å². The van der Waals surface area contributed by atoms with E-state index in [4.69, 9.17) is 0 Å². The molecule has 0 aliphatic heterocycles. The zero-order chi connectivity index (χ0) is 14.2. The molecule has 1 aromatic carbocycles. The van der Waals surface area contributed by atoms with E-state index in [1.807, 2.05) is 6.92 Å². The number of halogens is 2. The molecule has 0 saturated carbocycles. The molecule has 0 radical (unpaired) electrons. The van der Waals surface area contributed by atoms with Gasteiger partial charge in [-0.3, -0.25) is 4.68 Å². The average molecular weight is 266 g/mol. The fourth-order valence-electron chi connectivity index (χ4n) is 2.05. The predicted octanol–water partition coefficient (Wildman–Crippen LogP) is 2.65. The molecule has 1 heterocycles. The van der Waals surface area contributed by atoms with Gasteiger partial charge in [0.05, 0.1) is 17.0 Å². The molecule has 0 spiro atoms. The van der Waals surface area contributed by atoms with Gasteiger partial charge in [-0.25, -0.2) is 8.78 Å². The van der Waals surface area contributed by atoms with Gasteiger partial charge < -0.3 is 5.11 Å². The predicted molar refractivity (Wildman–Crippen MR) is 67.7 cm³/mol. The fourth-order valence-corrected chi connectivity index (χ4v) is 2.05. The lowest BCUT2D eigenvalue weighted by molar-refractivity contribution is 0.198. The molecule has 5 heteroatoms. The molecule has 102 valence electrons. The second kappa shape index (κ2) is 5.09. The Labute approximate surface area is 110 Å². The number of hydrogen-bond acceptors (Lipinski definition) is 2. The van der Waals surface area contributed by atoms with Crippen molar-refractivity contribution in [3.63, 3.8) is 0 Å². The lowest BCUT2D eigenvalue weighted by Gasteiger charge is -2.14. The normalized spacial score (nSPS) is 12.7. The van der Waals surface area contributed by atoms with Crippen molar-refractivity contribution in [3.05, 3.63) is 52.3 Å². The molecule has 3 nitrogen and oxygen atoms in total. The number of aliphatic hydroxyl groups excluding tert-OH is 1. The average Bonchev–Trinajstić information content (AvgIpc) is 2.75. The molecular weight excluding hydrogens is 250 g/mol. The van der Waals surface area contributed by atoms with Gasteiger partial charge in [0.2, 0.25) is 0 Å². The van der Waals surface area contributed by atoms with Gasteiger partial charge in [-0.2, -0.15) is 5.10 Å². The number of hydrogen-bond donors (Lipinski definition) is 1. The van der Waals surface area contributed by atoms with Gasteiger partial charge in [-0.15, -0.1) is 0 Å². The minimum Gasteiger partial charge on any atom is -0.382 e. The Balaban J connectivity index is 2.52. The first kappa shape index (κ1) is 13.7. The zero-order valence-corrected chi connectivity index (χ0v) is 11.1. The number of rotatable bonds is 3. The van der Waals surface area contributed by atoms with Crippen molar-refractivity contribution >= 4 is 0 Å². The van der Waals surface area contributed by atoms with E-state index in [1.165, 1.54) is 17.7 Å². The van der Waals surface area contributed by atoms with Crippen LogP contribution in [0, 0.1) is 18.6 Å².